The Morgan fingerprint density at radius 1 is 1.21 bits per heavy atom. The lowest BCUT2D eigenvalue weighted by molar-refractivity contribution is 0.0954. The van der Waals surface area contributed by atoms with Crippen LogP contribution in [0.15, 0.2) is 53.6 Å². The maximum Gasteiger partial charge on any atom is 0.271 e. The van der Waals surface area contributed by atoms with E-state index < -0.39 is 11.7 Å². The molecule has 2 aromatic rings. The highest BCUT2D eigenvalue weighted by molar-refractivity contribution is 5.94. The summed E-state index contributed by atoms with van der Waals surface area (Å²) in [5.41, 5.74) is 4.62. The van der Waals surface area contributed by atoms with Crippen molar-refractivity contribution in [2.24, 2.45) is 5.10 Å². The second kappa shape index (κ2) is 5.91. The molecular weight excluding hydrogens is 243 g/mol. The number of benzene rings is 2. The third-order valence-electron chi connectivity index (χ3n) is 2.54. The summed E-state index contributed by atoms with van der Waals surface area (Å²) in [6.07, 6.45) is 1.54. The number of nitrogens with zero attached hydrogens (tertiary/aromatic N) is 1. The van der Waals surface area contributed by atoms with E-state index in [2.05, 4.69) is 10.5 Å². The van der Waals surface area contributed by atoms with E-state index in [9.17, 15) is 9.18 Å². The molecule has 1 N–H and O–H groups in total. The molecule has 0 fully saturated rings. The molecular formula is C15H13FN2O. The van der Waals surface area contributed by atoms with Gasteiger partial charge in [-0.25, -0.2) is 9.82 Å². The van der Waals surface area contributed by atoms with E-state index >= 15 is 0 Å². The van der Waals surface area contributed by atoms with Crippen LogP contribution in [0.1, 0.15) is 21.5 Å². The number of aryl methyl sites for hydroxylation is 1. The molecule has 0 bridgehead atoms. The van der Waals surface area contributed by atoms with Gasteiger partial charge in [0.25, 0.3) is 5.91 Å². The zero-order valence-electron chi connectivity index (χ0n) is 10.4. The lowest BCUT2D eigenvalue weighted by atomic mass is 10.2. The Balaban J connectivity index is 1.98. The molecule has 4 heteroatoms. The summed E-state index contributed by atoms with van der Waals surface area (Å²) in [4.78, 5) is 11.6. The van der Waals surface area contributed by atoms with Crippen LogP contribution in [0, 0.1) is 12.7 Å². The maximum absolute atomic E-state index is 12.9. The predicted molar refractivity (Wildman–Crippen MR) is 72.6 cm³/mol. The summed E-state index contributed by atoms with van der Waals surface area (Å²) < 4.78 is 12.9. The minimum absolute atomic E-state index is 0.237. The second-order valence-electron chi connectivity index (χ2n) is 4.12. The van der Waals surface area contributed by atoms with Gasteiger partial charge in [0, 0.05) is 5.56 Å². The summed E-state index contributed by atoms with van der Waals surface area (Å²) in [7, 11) is 0. The number of halogens is 1. The van der Waals surface area contributed by atoms with Gasteiger partial charge in [-0.1, -0.05) is 35.9 Å². The summed E-state index contributed by atoms with van der Waals surface area (Å²) >= 11 is 0. The normalized spacial score (nSPS) is 10.6. The maximum atomic E-state index is 12.9. The number of carbonyl (C=O) groups is 1. The zero-order valence-corrected chi connectivity index (χ0v) is 10.4. The fourth-order valence-electron chi connectivity index (χ4n) is 1.51. The number of carbonyl (C=O) groups excluding carboxylic acids is 1. The van der Waals surface area contributed by atoms with Crippen molar-refractivity contribution < 1.29 is 9.18 Å². The van der Waals surface area contributed by atoms with Gasteiger partial charge in [-0.2, -0.15) is 5.10 Å². The molecule has 2 rings (SSSR count). The molecule has 1 amide bonds. The average Bonchev–Trinajstić information content (AvgIpc) is 2.41. The van der Waals surface area contributed by atoms with Gasteiger partial charge in [0.2, 0.25) is 0 Å². The van der Waals surface area contributed by atoms with Gasteiger partial charge in [-0.15, -0.1) is 0 Å². The highest BCUT2D eigenvalue weighted by Crippen LogP contribution is 2.03. The molecule has 0 heterocycles. The Morgan fingerprint density at radius 3 is 2.63 bits per heavy atom. The Kier molecular flexibility index (Phi) is 4.03. The first kappa shape index (κ1) is 13.0. The number of rotatable bonds is 3. The molecule has 0 spiro atoms. The van der Waals surface area contributed by atoms with E-state index in [1.54, 1.807) is 0 Å². The molecule has 0 aromatic heterocycles. The van der Waals surface area contributed by atoms with Crippen molar-refractivity contribution in [3.05, 3.63) is 71.0 Å². The van der Waals surface area contributed by atoms with Gasteiger partial charge in [-0.3, -0.25) is 4.79 Å². The van der Waals surface area contributed by atoms with Gasteiger partial charge >= 0.3 is 0 Å². The highest BCUT2D eigenvalue weighted by Gasteiger charge is 2.04. The number of hydrogen-bond acceptors (Lipinski definition) is 2. The Morgan fingerprint density at radius 2 is 1.95 bits per heavy atom. The first-order chi connectivity index (χ1) is 9.15. The van der Waals surface area contributed by atoms with Crippen LogP contribution in [0.4, 0.5) is 4.39 Å². The van der Waals surface area contributed by atoms with Crippen molar-refractivity contribution in [1.29, 1.82) is 0 Å². The Labute approximate surface area is 110 Å². The topological polar surface area (TPSA) is 41.5 Å². The van der Waals surface area contributed by atoms with Crippen LogP contribution in [0.2, 0.25) is 0 Å². The number of amides is 1. The third-order valence-corrected chi connectivity index (χ3v) is 2.54. The molecule has 0 aliphatic carbocycles. The van der Waals surface area contributed by atoms with E-state index in [0.717, 1.165) is 17.2 Å². The highest BCUT2D eigenvalue weighted by atomic mass is 19.1. The minimum Gasteiger partial charge on any atom is -0.267 e. The first-order valence-electron chi connectivity index (χ1n) is 5.81. The zero-order chi connectivity index (χ0) is 13.7. The van der Waals surface area contributed by atoms with Crippen molar-refractivity contribution >= 4 is 12.1 Å². The fourth-order valence-corrected chi connectivity index (χ4v) is 1.51. The quantitative estimate of drug-likeness (QED) is 0.665. The monoisotopic (exact) mass is 256 g/mol. The van der Waals surface area contributed by atoms with Crippen molar-refractivity contribution in [1.82, 2.24) is 5.43 Å². The average molecular weight is 256 g/mol. The Bertz CT molecular complexity index is 606. The summed E-state index contributed by atoms with van der Waals surface area (Å²) in [5, 5.41) is 3.83. The van der Waals surface area contributed by atoms with Crippen molar-refractivity contribution in [2.45, 2.75) is 6.92 Å². The lowest BCUT2D eigenvalue weighted by Crippen LogP contribution is -2.17. The molecule has 3 nitrogen and oxygen atoms in total. The minimum atomic E-state index is -0.449. The largest absolute Gasteiger partial charge is 0.271 e. The van der Waals surface area contributed by atoms with Crippen LogP contribution < -0.4 is 5.43 Å². The SMILES string of the molecule is Cc1ccc(C=NNC(=O)c2cccc(F)c2)cc1. The summed E-state index contributed by atoms with van der Waals surface area (Å²) in [6.45, 7) is 1.99. The van der Waals surface area contributed by atoms with Gasteiger partial charge in [0.1, 0.15) is 5.82 Å². The second-order valence-corrected chi connectivity index (χ2v) is 4.12. The molecule has 0 unspecified atom stereocenters. The lowest BCUT2D eigenvalue weighted by Gasteiger charge is -1.99. The molecule has 0 radical (unpaired) electrons. The molecule has 0 aliphatic heterocycles. The van der Waals surface area contributed by atoms with Crippen LogP contribution in [-0.4, -0.2) is 12.1 Å². The van der Waals surface area contributed by atoms with Gasteiger partial charge in [0.05, 0.1) is 6.21 Å². The molecule has 0 saturated heterocycles. The number of hydrazone groups is 1. The van der Waals surface area contributed by atoms with E-state index in [-0.39, 0.29) is 5.56 Å². The van der Waals surface area contributed by atoms with Crippen LogP contribution in [0.25, 0.3) is 0 Å². The molecule has 2 aromatic carbocycles. The van der Waals surface area contributed by atoms with Crippen LogP contribution in [0.5, 0.6) is 0 Å². The van der Waals surface area contributed by atoms with E-state index in [0.29, 0.717) is 0 Å². The van der Waals surface area contributed by atoms with Gasteiger partial charge in [0.15, 0.2) is 0 Å². The van der Waals surface area contributed by atoms with Gasteiger partial charge < -0.3 is 0 Å². The number of hydrogen-bond donors (Lipinski definition) is 1. The smallest absolute Gasteiger partial charge is 0.267 e. The summed E-state index contributed by atoms with van der Waals surface area (Å²) in [6, 6.07) is 13.2. The van der Waals surface area contributed by atoms with Crippen molar-refractivity contribution in [3.63, 3.8) is 0 Å². The summed E-state index contributed by atoms with van der Waals surface area (Å²) in [5.74, 6) is -0.891. The molecule has 19 heavy (non-hydrogen) atoms. The predicted octanol–water partition coefficient (Wildman–Crippen LogP) is 2.90. The molecule has 96 valence electrons. The number of nitrogens with one attached hydrogen (secondary N) is 1. The Hall–Kier alpha value is -2.49. The molecule has 0 saturated carbocycles. The van der Waals surface area contributed by atoms with Gasteiger partial charge in [-0.05, 0) is 30.7 Å². The van der Waals surface area contributed by atoms with Crippen molar-refractivity contribution in [2.75, 3.05) is 0 Å². The third kappa shape index (κ3) is 3.74. The molecule has 0 aliphatic rings. The fraction of sp³-hybridized carbons (Fsp3) is 0.0667. The van der Waals surface area contributed by atoms with E-state index in [1.165, 1.54) is 24.4 Å². The van der Waals surface area contributed by atoms with Crippen LogP contribution in [-0.2, 0) is 0 Å². The van der Waals surface area contributed by atoms with Crippen LogP contribution >= 0.6 is 0 Å². The van der Waals surface area contributed by atoms with Crippen LogP contribution in [0.3, 0.4) is 0 Å². The standard InChI is InChI=1S/C15H13FN2O/c1-11-5-7-12(8-6-11)10-17-18-15(19)13-3-2-4-14(16)9-13/h2-10H,1H3,(H,18,19). The first-order valence-corrected chi connectivity index (χ1v) is 5.81. The van der Waals surface area contributed by atoms with E-state index in [1.807, 2.05) is 31.2 Å². The van der Waals surface area contributed by atoms with Crippen molar-refractivity contribution in [3.8, 4) is 0 Å². The molecule has 0 atom stereocenters. The van der Waals surface area contributed by atoms with E-state index in [4.69, 9.17) is 0 Å².